The van der Waals surface area contributed by atoms with Crippen LogP contribution in [0.25, 0.3) is 0 Å². The van der Waals surface area contributed by atoms with E-state index < -0.39 is 18.0 Å². The standard InChI is InChI=1S/C29H31NO4/c1-5-30(26-17-10-9-12-20(26)2)27(31)18-21(3)34-29(33)22(4)24-15-11-16-25(19-24)28(32)23-13-7-6-8-14-23/h6-17,19,21-22H,5,18H2,1-4H3/t21-,22?/m1/s1. The van der Waals surface area contributed by atoms with E-state index in [0.717, 1.165) is 11.3 Å². The fourth-order valence-corrected chi connectivity index (χ4v) is 3.89. The van der Waals surface area contributed by atoms with Gasteiger partial charge in [0.25, 0.3) is 0 Å². The number of amides is 1. The van der Waals surface area contributed by atoms with Crippen molar-refractivity contribution < 1.29 is 19.1 Å². The van der Waals surface area contributed by atoms with Gasteiger partial charge in [-0.1, -0.05) is 66.7 Å². The van der Waals surface area contributed by atoms with Crippen molar-refractivity contribution in [3.8, 4) is 0 Å². The van der Waals surface area contributed by atoms with Crippen LogP contribution < -0.4 is 4.90 Å². The molecule has 5 heteroatoms. The number of hydrogen-bond donors (Lipinski definition) is 0. The lowest BCUT2D eigenvalue weighted by atomic mass is 9.96. The van der Waals surface area contributed by atoms with E-state index >= 15 is 0 Å². The molecule has 0 bridgehead atoms. The number of carbonyl (C=O) groups is 3. The third kappa shape index (κ3) is 5.98. The van der Waals surface area contributed by atoms with Crippen molar-refractivity contribution in [1.29, 1.82) is 0 Å². The number of anilines is 1. The van der Waals surface area contributed by atoms with Crippen LogP contribution in [-0.4, -0.2) is 30.3 Å². The maximum Gasteiger partial charge on any atom is 0.313 e. The van der Waals surface area contributed by atoms with Crippen molar-refractivity contribution >= 4 is 23.3 Å². The van der Waals surface area contributed by atoms with Gasteiger partial charge in [-0.2, -0.15) is 0 Å². The molecule has 1 amide bonds. The average Bonchev–Trinajstić information content (AvgIpc) is 2.85. The predicted molar refractivity (Wildman–Crippen MR) is 134 cm³/mol. The molecule has 34 heavy (non-hydrogen) atoms. The van der Waals surface area contributed by atoms with E-state index in [0.29, 0.717) is 23.2 Å². The number of esters is 1. The molecule has 3 rings (SSSR count). The SMILES string of the molecule is CCN(C(=O)C[C@@H](C)OC(=O)C(C)c1cccc(C(=O)c2ccccc2)c1)c1ccccc1C. The first-order valence-corrected chi connectivity index (χ1v) is 11.6. The fraction of sp³-hybridized carbons (Fsp3) is 0.276. The van der Waals surface area contributed by atoms with Gasteiger partial charge in [0.2, 0.25) is 5.91 Å². The molecule has 5 nitrogen and oxygen atoms in total. The molecule has 3 aromatic carbocycles. The number of carbonyl (C=O) groups excluding carboxylic acids is 3. The Bertz CT molecular complexity index is 1160. The van der Waals surface area contributed by atoms with Gasteiger partial charge in [0.1, 0.15) is 6.10 Å². The number of rotatable bonds is 9. The maximum absolute atomic E-state index is 12.9. The Labute approximate surface area is 201 Å². The van der Waals surface area contributed by atoms with E-state index in [-0.39, 0.29) is 18.1 Å². The zero-order valence-corrected chi connectivity index (χ0v) is 20.2. The van der Waals surface area contributed by atoms with Crippen LogP contribution in [0, 0.1) is 6.92 Å². The van der Waals surface area contributed by atoms with Gasteiger partial charge in [0, 0.05) is 23.4 Å². The highest BCUT2D eigenvalue weighted by molar-refractivity contribution is 6.09. The van der Waals surface area contributed by atoms with Crippen LogP contribution >= 0.6 is 0 Å². The maximum atomic E-state index is 12.9. The highest BCUT2D eigenvalue weighted by Crippen LogP contribution is 2.23. The van der Waals surface area contributed by atoms with E-state index in [1.54, 1.807) is 55.1 Å². The summed E-state index contributed by atoms with van der Waals surface area (Å²) in [6.45, 7) is 7.89. The van der Waals surface area contributed by atoms with Gasteiger partial charge in [0.15, 0.2) is 5.78 Å². The summed E-state index contributed by atoms with van der Waals surface area (Å²) in [4.78, 5) is 40.2. The molecule has 176 valence electrons. The highest BCUT2D eigenvalue weighted by atomic mass is 16.5. The van der Waals surface area contributed by atoms with Gasteiger partial charge in [-0.3, -0.25) is 14.4 Å². The van der Waals surface area contributed by atoms with Gasteiger partial charge in [-0.15, -0.1) is 0 Å². The number of para-hydroxylation sites is 1. The number of nitrogens with zero attached hydrogens (tertiary/aromatic N) is 1. The van der Waals surface area contributed by atoms with Crippen LogP contribution in [0.4, 0.5) is 5.69 Å². The lowest BCUT2D eigenvalue weighted by Crippen LogP contribution is -2.34. The molecule has 0 radical (unpaired) electrons. The second-order valence-corrected chi connectivity index (χ2v) is 8.42. The molecule has 0 N–H and O–H groups in total. The number of hydrogen-bond acceptors (Lipinski definition) is 4. The Morgan fingerprint density at radius 1 is 0.853 bits per heavy atom. The summed E-state index contributed by atoms with van der Waals surface area (Å²) in [6.07, 6.45) is -0.484. The first-order chi connectivity index (χ1) is 16.3. The number of benzene rings is 3. The van der Waals surface area contributed by atoms with Crippen LogP contribution in [0.5, 0.6) is 0 Å². The molecule has 0 aliphatic heterocycles. The summed E-state index contributed by atoms with van der Waals surface area (Å²) >= 11 is 0. The summed E-state index contributed by atoms with van der Waals surface area (Å²) in [5.41, 5.74) is 3.68. The molecule has 0 spiro atoms. The molecule has 3 aromatic rings. The Hall–Kier alpha value is -3.73. The number of aryl methyl sites for hydroxylation is 1. The first-order valence-electron chi connectivity index (χ1n) is 11.6. The molecule has 0 fully saturated rings. The minimum absolute atomic E-state index is 0.0904. The molecule has 0 saturated carbocycles. The van der Waals surface area contributed by atoms with Gasteiger partial charge in [-0.25, -0.2) is 0 Å². The van der Waals surface area contributed by atoms with Crippen LogP contribution in [0.15, 0.2) is 78.9 Å². The second-order valence-electron chi connectivity index (χ2n) is 8.42. The van der Waals surface area contributed by atoms with Crippen molar-refractivity contribution in [1.82, 2.24) is 0 Å². The van der Waals surface area contributed by atoms with Crippen molar-refractivity contribution in [3.05, 3.63) is 101 Å². The minimum atomic E-state index is -0.574. The summed E-state index contributed by atoms with van der Waals surface area (Å²) in [7, 11) is 0. The molecule has 0 aliphatic rings. The van der Waals surface area contributed by atoms with E-state index in [1.807, 2.05) is 56.3 Å². The Morgan fingerprint density at radius 3 is 2.18 bits per heavy atom. The molecule has 0 aliphatic carbocycles. The largest absolute Gasteiger partial charge is 0.462 e. The topological polar surface area (TPSA) is 63.7 Å². The summed E-state index contributed by atoms with van der Waals surface area (Å²) in [6, 6.07) is 23.8. The summed E-state index contributed by atoms with van der Waals surface area (Å²) < 4.78 is 5.61. The smallest absolute Gasteiger partial charge is 0.313 e. The Kier molecular flexibility index (Phi) is 8.36. The molecular formula is C29H31NO4. The summed E-state index contributed by atoms with van der Waals surface area (Å²) in [5.74, 6) is -1.19. The van der Waals surface area contributed by atoms with E-state index in [2.05, 4.69) is 0 Å². The lowest BCUT2D eigenvalue weighted by molar-refractivity contribution is -0.150. The molecule has 2 atom stereocenters. The van der Waals surface area contributed by atoms with E-state index in [1.165, 1.54) is 0 Å². The third-order valence-electron chi connectivity index (χ3n) is 5.84. The van der Waals surface area contributed by atoms with Crippen LogP contribution in [-0.2, 0) is 14.3 Å². The van der Waals surface area contributed by atoms with Crippen LogP contribution in [0.3, 0.4) is 0 Å². The van der Waals surface area contributed by atoms with E-state index in [4.69, 9.17) is 4.74 Å². The average molecular weight is 458 g/mol. The molecule has 0 aromatic heterocycles. The quantitative estimate of drug-likeness (QED) is 0.305. The van der Waals surface area contributed by atoms with Gasteiger partial charge in [0.05, 0.1) is 12.3 Å². The predicted octanol–water partition coefficient (Wildman–Crippen LogP) is 5.70. The van der Waals surface area contributed by atoms with Crippen LogP contribution in [0.2, 0.25) is 0 Å². The second kappa shape index (κ2) is 11.4. The molecule has 1 unspecified atom stereocenters. The first kappa shape index (κ1) is 24.9. The highest BCUT2D eigenvalue weighted by Gasteiger charge is 2.24. The number of ketones is 1. The Balaban J connectivity index is 1.64. The fourth-order valence-electron chi connectivity index (χ4n) is 3.89. The summed E-state index contributed by atoms with van der Waals surface area (Å²) in [5, 5.41) is 0. The third-order valence-corrected chi connectivity index (χ3v) is 5.84. The lowest BCUT2D eigenvalue weighted by Gasteiger charge is -2.25. The number of ether oxygens (including phenoxy) is 1. The Morgan fingerprint density at radius 2 is 1.50 bits per heavy atom. The monoisotopic (exact) mass is 457 g/mol. The minimum Gasteiger partial charge on any atom is -0.462 e. The van der Waals surface area contributed by atoms with Gasteiger partial charge >= 0.3 is 5.97 Å². The van der Waals surface area contributed by atoms with E-state index in [9.17, 15) is 14.4 Å². The van der Waals surface area contributed by atoms with Gasteiger partial charge < -0.3 is 9.64 Å². The zero-order valence-electron chi connectivity index (χ0n) is 20.2. The van der Waals surface area contributed by atoms with Crippen molar-refractivity contribution in [2.75, 3.05) is 11.4 Å². The van der Waals surface area contributed by atoms with Gasteiger partial charge in [-0.05, 0) is 51.0 Å². The van der Waals surface area contributed by atoms with Crippen LogP contribution in [0.1, 0.15) is 60.2 Å². The molecule has 0 heterocycles. The van der Waals surface area contributed by atoms with Crippen molar-refractivity contribution in [2.24, 2.45) is 0 Å². The zero-order chi connectivity index (χ0) is 24.7. The van der Waals surface area contributed by atoms with Crippen molar-refractivity contribution in [2.45, 2.75) is 46.1 Å². The molecular weight excluding hydrogens is 426 g/mol. The molecule has 0 saturated heterocycles. The van der Waals surface area contributed by atoms with Crippen molar-refractivity contribution in [3.63, 3.8) is 0 Å². The normalized spacial score (nSPS) is 12.5.